The Kier molecular flexibility index (Phi) is 4.94. The van der Waals surface area contributed by atoms with E-state index in [0.717, 1.165) is 0 Å². The Bertz CT molecular complexity index is 851. The Labute approximate surface area is 152 Å². The van der Waals surface area contributed by atoms with Crippen LogP contribution < -0.4 is 10.6 Å². The number of thioether (sulfide) groups is 1. The molecule has 1 unspecified atom stereocenters. The molecule has 3 amide bonds. The fourth-order valence-corrected chi connectivity index (χ4v) is 3.09. The zero-order valence-electron chi connectivity index (χ0n) is 14.1. The van der Waals surface area contributed by atoms with Gasteiger partial charge in [-0.2, -0.15) is 4.98 Å². The van der Waals surface area contributed by atoms with E-state index in [-0.39, 0.29) is 11.7 Å². The molecular weight excluding hydrogens is 360 g/mol. The Morgan fingerprint density at radius 1 is 1.31 bits per heavy atom. The third-order valence-corrected chi connectivity index (χ3v) is 4.80. The maximum Gasteiger partial charge on any atom is 0.322 e. The first-order valence-corrected chi connectivity index (χ1v) is 8.79. The van der Waals surface area contributed by atoms with Crippen LogP contribution in [0, 0.1) is 0 Å². The number of hydrogen-bond acceptors (Lipinski definition) is 8. The van der Waals surface area contributed by atoms with E-state index in [9.17, 15) is 14.4 Å². The minimum atomic E-state index is -1.11. The van der Waals surface area contributed by atoms with Crippen LogP contribution in [-0.2, 0) is 25.6 Å². The predicted octanol–water partition coefficient (Wildman–Crippen LogP) is 1.20. The van der Waals surface area contributed by atoms with Gasteiger partial charge in [-0.3, -0.25) is 14.9 Å². The van der Waals surface area contributed by atoms with Crippen LogP contribution in [0.15, 0.2) is 28.8 Å². The molecule has 2 N–H and O–H groups in total. The molecule has 0 saturated carbocycles. The lowest BCUT2D eigenvalue weighted by Gasteiger charge is -2.20. The summed E-state index contributed by atoms with van der Waals surface area (Å²) in [6.07, 6.45) is 0. The van der Waals surface area contributed by atoms with Crippen LogP contribution in [0.5, 0.6) is 0 Å². The highest BCUT2D eigenvalue weighted by Gasteiger charge is 2.43. The largest absolute Gasteiger partial charge is 0.468 e. The summed E-state index contributed by atoms with van der Waals surface area (Å²) >= 11 is 1.31. The van der Waals surface area contributed by atoms with Gasteiger partial charge < -0.3 is 14.6 Å². The summed E-state index contributed by atoms with van der Waals surface area (Å²) in [5.41, 5.74) is 0.236. The number of hydrogen-bond donors (Lipinski definition) is 2. The highest BCUT2D eigenvalue weighted by atomic mass is 32.2. The van der Waals surface area contributed by atoms with Gasteiger partial charge >= 0.3 is 12.0 Å². The molecule has 2 aromatic rings. The quantitative estimate of drug-likeness (QED) is 0.569. The monoisotopic (exact) mass is 376 g/mol. The molecule has 0 spiro atoms. The Morgan fingerprint density at radius 2 is 2.04 bits per heavy atom. The molecule has 1 aromatic heterocycles. The number of amides is 3. The molecule has 9 nitrogen and oxygen atoms in total. The van der Waals surface area contributed by atoms with Crippen LogP contribution in [0.25, 0.3) is 11.4 Å². The number of nitrogens with zero attached hydrogens (tertiary/aromatic N) is 2. The summed E-state index contributed by atoms with van der Waals surface area (Å²) < 4.78 is 9.72. The number of carbonyl (C=O) groups is 3. The standard InChI is InChI=1S/C16H16N4O5S/c1-16(14(22)18-15(23)19-16)10-5-3-9(4-6-10)13-17-11(25-20-13)7-26-8-12(21)24-2/h3-6H,7-8H2,1-2H3,(H2,18,19,22,23). The van der Waals surface area contributed by atoms with E-state index < -0.39 is 17.5 Å². The number of aromatic nitrogens is 2. The normalized spacial score (nSPS) is 19.2. The summed E-state index contributed by atoms with van der Waals surface area (Å²) in [6, 6.07) is 6.42. The SMILES string of the molecule is COC(=O)CSCc1nc(-c2ccc(C3(C)NC(=O)NC3=O)cc2)no1. The molecule has 136 valence electrons. The van der Waals surface area contributed by atoms with Crippen LogP contribution in [0.2, 0.25) is 0 Å². The number of methoxy groups -OCH3 is 1. The van der Waals surface area contributed by atoms with E-state index in [1.807, 2.05) is 0 Å². The summed E-state index contributed by atoms with van der Waals surface area (Å²) in [6.45, 7) is 1.63. The van der Waals surface area contributed by atoms with Crippen molar-refractivity contribution >= 4 is 29.7 Å². The fraction of sp³-hybridized carbons (Fsp3) is 0.312. The van der Waals surface area contributed by atoms with E-state index in [2.05, 4.69) is 25.5 Å². The van der Waals surface area contributed by atoms with Gasteiger partial charge in [-0.15, -0.1) is 11.8 Å². The molecule has 1 atom stereocenters. The van der Waals surface area contributed by atoms with Gasteiger partial charge in [-0.1, -0.05) is 29.4 Å². The molecule has 1 aliphatic rings. The van der Waals surface area contributed by atoms with E-state index in [0.29, 0.717) is 28.6 Å². The van der Waals surface area contributed by atoms with Crippen LogP contribution in [-0.4, -0.2) is 40.9 Å². The van der Waals surface area contributed by atoms with Crippen molar-refractivity contribution in [1.82, 2.24) is 20.8 Å². The lowest BCUT2D eigenvalue weighted by molar-refractivity contribution is -0.137. The van der Waals surface area contributed by atoms with E-state index in [4.69, 9.17) is 4.52 Å². The highest BCUT2D eigenvalue weighted by Crippen LogP contribution is 2.26. The molecule has 0 radical (unpaired) electrons. The zero-order chi connectivity index (χ0) is 18.7. The van der Waals surface area contributed by atoms with Crippen molar-refractivity contribution in [3.05, 3.63) is 35.7 Å². The lowest BCUT2D eigenvalue weighted by atomic mass is 9.91. The van der Waals surface area contributed by atoms with E-state index in [1.165, 1.54) is 18.9 Å². The van der Waals surface area contributed by atoms with Crippen LogP contribution in [0.3, 0.4) is 0 Å². The first-order valence-electron chi connectivity index (χ1n) is 7.64. The first-order chi connectivity index (χ1) is 12.4. The van der Waals surface area contributed by atoms with Crippen molar-refractivity contribution in [2.45, 2.75) is 18.2 Å². The van der Waals surface area contributed by atoms with Gasteiger partial charge in [0.05, 0.1) is 18.6 Å². The Balaban J connectivity index is 1.69. The molecule has 1 aliphatic heterocycles. The van der Waals surface area contributed by atoms with Gasteiger partial charge in [-0.05, 0) is 12.5 Å². The maximum atomic E-state index is 12.0. The molecule has 1 aromatic carbocycles. The van der Waals surface area contributed by atoms with E-state index >= 15 is 0 Å². The Morgan fingerprint density at radius 3 is 2.65 bits per heavy atom. The molecule has 1 fully saturated rings. The molecule has 0 aliphatic carbocycles. The second-order valence-electron chi connectivity index (χ2n) is 5.69. The zero-order valence-corrected chi connectivity index (χ0v) is 14.9. The number of benzene rings is 1. The van der Waals surface area contributed by atoms with Gasteiger partial charge in [0, 0.05) is 5.56 Å². The van der Waals surface area contributed by atoms with Crippen LogP contribution >= 0.6 is 11.8 Å². The number of nitrogens with one attached hydrogen (secondary N) is 2. The molecule has 1 saturated heterocycles. The molecule has 0 bridgehead atoms. The van der Waals surface area contributed by atoms with Gasteiger partial charge in [0.2, 0.25) is 11.7 Å². The summed E-state index contributed by atoms with van der Waals surface area (Å²) in [5.74, 6) is 0.670. The topological polar surface area (TPSA) is 123 Å². The third-order valence-electron chi connectivity index (χ3n) is 3.91. The molecule has 10 heteroatoms. The molecule has 26 heavy (non-hydrogen) atoms. The van der Waals surface area contributed by atoms with Crippen molar-refractivity contribution in [3.8, 4) is 11.4 Å². The van der Waals surface area contributed by atoms with Gasteiger partial charge in [0.1, 0.15) is 5.54 Å². The first kappa shape index (κ1) is 17.9. The van der Waals surface area contributed by atoms with Gasteiger partial charge in [-0.25, -0.2) is 4.79 Å². The predicted molar refractivity (Wildman–Crippen MR) is 91.9 cm³/mol. The number of urea groups is 1. The molecule has 2 heterocycles. The van der Waals surface area contributed by atoms with E-state index in [1.54, 1.807) is 31.2 Å². The van der Waals surface area contributed by atoms with Crippen LogP contribution in [0.4, 0.5) is 4.79 Å². The smallest absolute Gasteiger partial charge is 0.322 e. The minimum Gasteiger partial charge on any atom is -0.468 e. The molecule has 3 rings (SSSR count). The highest BCUT2D eigenvalue weighted by molar-refractivity contribution is 7.99. The number of carbonyl (C=O) groups excluding carboxylic acids is 3. The number of rotatable bonds is 6. The fourth-order valence-electron chi connectivity index (χ4n) is 2.41. The van der Waals surface area contributed by atoms with Crippen molar-refractivity contribution < 1.29 is 23.6 Å². The summed E-state index contributed by atoms with van der Waals surface area (Å²) in [7, 11) is 1.33. The molecular formula is C16H16N4O5S. The average molecular weight is 376 g/mol. The van der Waals surface area contributed by atoms with Crippen molar-refractivity contribution in [2.75, 3.05) is 12.9 Å². The van der Waals surface area contributed by atoms with Gasteiger partial charge in [0.15, 0.2) is 0 Å². The lowest BCUT2D eigenvalue weighted by Crippen LogP contribution is -2.40. The third kappa shape index (κ3) is 3.54. The van der Waals surface area contributed by atoms with Crippen LogP contribution in [0.1, 0.15) is 18.4 Å². The second kappa shape index (κ2) is 7.16. The minimum absolute atomic E-state index is 0.204. The Hall–Kier alpha value is -2.88. The number of esters is 1. The van der Waals surface area contributed by atoms with Crippen molar-refractivity contribution in [2.24, 2.45) is 0 Å². The van der Waals surface area contributed by atoms with Crippen molar-refractivity contribution in [1.29, 1.82) is 0 Å². The summed E-state index contributed by atoms with van der Waals surface area (Å²) in [4.78, 5) is 38.7. The second-order valence-corrected chi connectivity index (χ2v) is 6.68. The number of imide groups is 1. The maximum absolute atomic E-state index is 12.0. The average Bonchev–Trinajstić information content (AvgIpc) is 3.20. The van der Waals surface area contributed by atoms with Crippen molar-refractivity contribution in [3.63, 3.8) is 0 Å². The number of ether oxygens (including phenoxy) is 1. The summed E-state index contributed by atoms with van der Waals surface area (Å²) in [5, 5.41) is 8.74. The van der Waals surface area contributed by atoms with Gasteiger partial charge in [0.25, 0.3) is 5.91 Å².